The van der Waals surface area contributed by atoms with Crippen LogP contribution in [0.4, 0.5) is 0 Å². The van der Waals surface area contributed by atoms with Gasteiger partial charge in [0.15, 0.2) is 5.82 Å². The van der Waals surface area contributed by atoms with Crippen molar-refractivity contribution >= 4 is 5.91 Å². The summed E-state index contributed by atoms with van der Waals surface area (Å²) in [5.74, 6) is 0.502. The molecule has 1 aliphatic heterocycles. The van der Waals surface area contributed by atoms with Gasteiger partial charge < -0.3 is 10.6 Å². The second kappa shape index (κ2) is 6.86. The van der Waals surface area contributed by atoms with Crippen LogP contribution < -0.4 is 10.6 Å². The maximum absolute atomic E-state index is 12.4. The van der Waals surface area contributed by atoms with E-state index in [9.17, 15) is 4.79 Å². The van der Waals surface area contributed by atoms with E-state index in [-0.39, 0.29) is 5.91 Å². The topological polar surface area (TPSA) is 101 Å². The Hall–Kier alpha value is -3.00. The third-order valence-electron chi connectivity index (χ3n) is 4.19. The first kappa shape index (κ1) is 15.5. The van der Waals surface area contributed by atoms with E-state index < -0.39 is 0 Å². The lowest BCUT2D eigenvalue weighted by Crippen LogP contribution is -2.23. The van der Waals surface area contributed by atoms with Crippen molar-refractivity contribution in [2.45, 2.75) is 26.1 Å². The predicted molar refractivity (Wildman–Crippen MR) is 91.5 cm³/mol. The summed E-state index contributed by atoms with van der Waals surface area (Å²) in [5, 5.41) is 17.5. The Kier molecular flexibility index (Phi) is 4.26. The summed E-state index contributed by atoms with van der Waals surface area (Å²) in [6.45, 7) is 3.15. The SMILES string of the molecule is O=C(NCc1cc2n(n1)CCCNC2)c1cccc(-c2ncn[nH]2)c1. The molecule has 3 aromatic rings. The molecule has 0 unspecified atom stereocenters. The molecule has 1 aromatic carbocycles. The fourth-order valence-electron chi connectivity index (χ4n) is 2.93. The Labute approximate surface area is 144 Å². The fraction of sp³-hybridized carbons (Fsp3) is 0.294. The summed E-state index contributed by atoms with van der Waals surface area (Å²) in [6, 6.07) is 9.33. The number of benzene rings is 1. The summed E-state index contributed by atoms with van der Waals surface area (Å²) in [4.78, 5) is 16.5. The Morgan fingerprint density at radius 3 is 3.16 bits per heavy atom. The lowest BCUT2D eigenvalue weighted by molar-refractivity contribution is 0.0950. The van der Waals surface area contributed by atoms with E-state index in [1.165, 1.54) is 6.33 Å². The van der Waals surface area contributed by atoms with E-state index in [1.54, 1.807) is 12.1 Å². The molecule has 0 bridgehead atoms. The largest absolute Gasteiger partial charge is 0.346 e. The number of amides is 1. The van der Waals surface area contributed by atoms with E-state index in [1.807, 2.05) is 22.9 Å². The van der Waals surface area contributed by atoms with Gasteiger partial charge in [0.1, 0.15) is 6.33 Å². The number of aromatic nitrogens is 5. The predicted octanol–water partition coefficient (Wildman–Crippen LogP) is 1.09. The normalized spacial score (nSPS) is 13.9. The van der Waals surface area contributed by atoms with Crippen molar-refractivity contribution in [2.75, 3.05) is 6.54 Å². The van der Waals surface area contributed by atoms with Crippen molar-refractivity contribution in [3.63, 3.8) is 0 Å². The Morgan fingerprint density at radius 2 is 2.28 bits per heavy atom. The van der Waals surface area contributed by atoms with Gasteiger partial charge in [-0.1, -0.05) is 12.1 Å². The van der Waals surface area contributed by atoms with Crippen LogP contribution in [0.2, 0.25) is 0 Å². The molecule has 0 fully saturated rings. The van der Waals surface area contributed by atoms with Crippen molar-refractivity contribution in [3.8, 4) is 11.4 Å². The highest BCUT2D eigenvalue weighted by Gasteiger charge is 2.12. The summed E-state index contributed by atoms with van der Waals surface area (Å²) in [6.07, 6.45) is 2.51. The Balaban J connectivity index is 1.43. The van der Waals surface area contributed by atoms with Crippen LogP contribution in [-0.4, -0.2) is 37.4 Å². The van der Waals surface area contributed by atoms with Gasteiger partial charge in [0.2, 0.25) is 0 Å². The van der Waals surface area contributed by atoms with Gasteiger partial charge in [-0.25, -0.2) is 4.98 Å². The number of fused-ring (bicyclic) bond motifs is 1. The van der Waals surface area contributed by atoms with Gasteiger partial charge in [0, 0.05) is 24.2 Å². The summed E-state index contributed by atoms with van der Waals surface area (Å²) in [7, 11) is 0. The number of H-pyrrole nitrogens is 1. The van der Waals surface area contributed by atoms with Crippen molar-refractivity contribution in [1.29, 1.82) is 0 Å². The number of nitrogens with one attached hydrogen (secondary N) is 3. The van der Waals surface area contributed by atoms with Gasteiger partial charge in [-0.2, -0.15) is 10.2 Å². The zero-order valence-electron chi connectivity index (χ0n) is 13.7. The highest BCUT2D eigenvalue weighted by Crippen LogP contribution is 2.15. The molecule has 1 aliphatic rings. The summed E-state index contributed by atoms with van der Waals surface area (Å²) < 4.78 is 2.02. The molecule has 0 spiro atoms. The first-order chi connectivity index (χ1) is 12.3. The number of carbonyl (C=O) groups excluding carboxylic acids is 1. The van der Waals surface area contributed by atoms with Crippen LogP contribution in [0.5, 0.6) is 0 Å². The quantitative estimate of drug-likeness (QED) is 0.662. The second-order valence-electron chi connectivity index (χ2n) is 5.98. The molecule has 0 atom stereocenters. The molecule has 1 amide bonds. The number of nitrogens with zero attached hydrogens (tertiary/aromatic N) is 4. The maximum atomic E-state index is 12.4. The smallest absolute Gasteiger partial charge is 0.251 e. The minimum Gasteiger partial charge on any atom is -0.346 e. The molecule has 3 N–H and O–H groups in total. The summed E-state index contributed by atoms with van der Waals surface area (Å²) in [5.41, 5.74) is 3.44. The number of aryl methyl sites for hydroxylation is 1. The molecule has 128 valence electrons. The number of rotatable bonds is 4. The fourth-order valence-corrected chi connectivity index (χ4v) is 2.93. The molecule has 0 saturated heterocycles. The van der Waals surface area contributed by atoms with Gasteiger partial charge in [-0.05, 0) is 31.2 Å². The molecule has 25 heavy (non-hydrogen) atoms. The number of carbonyl (C=O) groups is 1. The first-order valence-electron chi connectivity index (χ1n) is 8.30. The standard InChI is InChI=1S/C17H19N7O/c25-17(13-4-1-3-12(7-13)16-20-11-21-22-16)19-9-14-8-15-10-18-5-2-6-24(15)23-14/h1,3-4,7-8,11,18H,2,5-6,9-10H2,(H,19,25)(H,20,21,22). The third-order valence-corrected chi connectivity index (χ3v) is 4.19. The number of hydrogen-bond acceptors (Lipinski definition) is 5. The molecule has 2 aromatic heterocycles. The molecule has 0 radical (unpaired) electrons. The lowest BCUT2D eigenvalue weighted by Gasteiger charge is -2.05. The van der Waals surface area contributed by atoms with E-state index in [4.69, 9.17) is 0 Å². The van der Waals surface area contributed by atoms with Gasteiger partial charge in [0.05, 0.1) is 17.9 Å². The van der Waals surface area contributed by atoms with E-state index >= 15 is 0 Å². The molecule has 8 nitrogen and oxygen atoms in total. The summed E-state index contributed by atoms with van der Waals surface area (Å²) >= 11 is 0. The van der Waals surface area contributed by atoms with Crippen LogP contribution in [0.15, 0.2) is 36.7 Å². The maximum Gasteiger partial charge on any atom is 0.251 e. The Morgan fingerprint density at radius 1 is 1.32 bits per heavy atom. The monoisotopic (exact) mass is 337 g/mol. The zero-order chi connectivity index (χ0) is 17.1. The molecule has 8 heteroatoms. The lowest BCUT2D eigenvalue weighted by atomic mass is 10.1. The third kappa shape index (κ3) is 3.43. The first-order valence-corrected chi connectivity index (χ1v) is 8.30. The molecular formula is C17H19N7O. The van der Waals surface area contributed by atoms with Crippen LogP contribution in [0, 0.1) is 0 Å². The minimum absolute atomic E-state index is 0.136. The van der Waals surface area contributed by atoms with Crippen molar-refractivity contribution < 1.29 is 4.79 Å². The molecule has 4 rings (SSSR count). The number of hydrogen-bond donors (Lipinski definition) is 3. The van der Waals surface area contributed by atoms with Crippen molar-refractivity contribution in [3.05, 3.63) is 53.6 Å². The van der Waals surface area contributed by atoms with Crippen LogP contribution in [0.1, 0.15) is 28.2 Å². The van der Waals surface area contributed by atoms with E-state index in [0.717, 1.165) is 43.0 Å². The minimum atomic E-state index is -0.136. The van der Waals surface area contributed by atoms with Crippen LogP contribution in [-0.2, 0) is 19.6 Å². The van der Waals surface area contributed by atoms with E-state index in [0.29, 0.717) is 17.9 Å². The molecular weight excluding hydrogens is 318 g/mol. The van der Waals surface area contributed by atoms with Gasteiger partial charge in [0.25, 0.3) is 5.91 Å². The second-order valence-corrected chi connectivity index (χ2v) is 5.98. The van der Waals surface area contributed by atoms with Gasteiger partial charge in [-0.3, -0.25) is 14.6 Å². The van der Waals surface area contributed by atoms with Crippen molar-refractivity contribution in [1.82, 2.24) is 35.6 Å². The molecule has 3 heterocycles. The average molecular weight is 337 g/mol. The van der Waals surface area contributed by atoms with Gasteiger partial charge in [-0.15, -0.1) is 0 Å². The highest BCUT2D eigenvalue weighted by atomic mass is 16.1. The molecule has 0 aliphatic carbocycles. The molecule has 0 saturated carbocycles. The average Bonchev–Trinajstić information content (AvgIpc) is 3.26. The Bertz CT molecular complexity index is 846. The zero-order valence-corrected chi connectivity index (χ0v) is 13.7. The highest BCUT2D eigenvalue weighted by molar-refractivity contribution is 5.95. The van der Waals surface area contributed by atoms with Crippen LogP contribution in [0.3, 0.4) is 0 Å². The van der Waals surface area contributed by atoms with Crippen LogP contribution >= 0.6 is 0 Å². The van der Waals surface area contributed by atoms with Gasteiger partial charge >= 0.3 is 0 Å². The van der Waals surface area contributed by atoms with Crippen molar-refractivity contribution in [2.24, 2.45) is 0 Å². The van der Waals surface area contributed by atoms with Crippen LogP contribution in [0.25, 0.3) is 11.4 Å². The number of aromatic amines is 1. The van der Waals surface area contributed by atoms with E-state index in [2.05, 4.69) is 30.9 Å².